The molecule has 1 fully saturated rings. The van der Waals surface area contributed by atoms with Gasteiger partial charge in [-0.15, -0.1) is 0 Å². The molecule has 2 aromatic heterocycles. The number of aromatic nitrogens is 2. The lowest BCUT2D eigenvalue weighted by molar-refractivity contribution is 0.326. The molecule has 17 heavy (non-hydrogen) atoms. The van der Waals surface area contributed by atoms with Crippen molar-refractivity contribution in [2.24, 2.45) is 0 Å². The molecular formula is C13H17N3S. The highest BCUT2D eigenvalue weighted by molar-refractivity contribution is 7.07. The minimum Gasteiger partial charge on any atom is -0.298 e. The lowest BCUT2D eigenvalue weighted by atomic mass is 10.0. The zero-order chi connectivity index (χ0) is 11.7. The fraction of sp³-hybridized carbons (Fsp3) is 0.462. The third-order valence-corrected chi connectivity index (χ3v) is 4.27. The Morgan fingerprint density at radius 3 is 3.24 bits per heavy atom. The minimum absolute atomic E-state index is 0.635. The van der Waals surface area contributed by atoms with Crippen molar-refractivity contribution in [3.8, 4) is 0 Å². The van der Waals surface area contributed by atoms with E-state index in [4.69, 9.17) is 0 Å². The first-order chi connectivity index (χ1) is 8.33. The van der Waals surface area contributed by atoms with Crippen molar-refractivity contribution in [3.05, 3.63) is 39.8 Å². The SMILES string of the molecule is Cc1cn[nH]c1C1CCN(Cc2ccsc2)C1. The Kier molecular flexibility index (Phi) is 2.99. The molecule has 3 heterocycles. The van der Waals surface area contributed by atoms with E-state index in [0.717, 1.165) is 13.1 Å². The fourth-order valence-electron chi connectivity index (χ4n) is 2.62. The van der Waals surface area contributed by atoms with Crippen LogP contribution in [-0.4, -0.2) is 28.2 Å². The molecule has 3 rings (SSSR count). The standard InChI is InChI=1S/C13H17N3S/c1-10-6-14-15-13(10)12-2-4-16(8-12)7-11-3-5-17-9-11/h3,5-6,9,12H,2,4,7-8H2,1H3,(H,14,15). The lowest BCUT2D eigenvalue weighted by Gasteiger charge is -2.14. The van der Waals surface area contributed by atoms with Gasteiger partial charge in [-0.3, -0.25) is 10.00 Å². The topological polar surface area (TPSA) is 31.9 Å². The molecule has 1 N–H and O–H groups in total. The monoisotopic (exact) mass is 247 g/mol. The van der Waals surface area contributed by atoms with Gasteiger partial charge in [-0.05, 0) is 47.8 Å². The molecule has 3 nitrogen and oxygen atoms in total. The summed E-state index contributed by atoms with van der Waals surface area (Å²) in [5.41, 5.74) is 4.07. The maximum Gasteiger partial charge on any atom is 0.0519 e. The van der Waals surface area contributed by atoms with Gasteiger partial charge in [-0.2, -0.15) is 16.4 Å². The van der Waals surface area contributed by atoms with Gasteiger partial charge >= 0.3 is 0 Å². The van der Waals surface area contributed by atoms with Crippen molar-refractivity contribution in [1.29, 1.82) is 0 Å². The first kappa shape index (κ1) is 11.0. The van der Waals surface area contributed by atoms with Gasteiger partial charge in [0.2, 0.25) is 0 Å². The summed E-state index contributed by atoms with van der Waals surface area (Å²) < 4.78 is 0. The van der Waals surface area contributed by atoms with Gasteiger partial charge in [-0.25, -0.2) is 0 Å². The van der Waals surface area contributed by atoms with Crippen LogP contribution in [-0.2, 0) is 6.54 Å². The Bertz CT molecular complexity index is 475. The number of hydrogen-bond acceptors (Lipinski definition) is 3. The van der Waals surface area contributed by atoms with Crippen molar-refractivity contribution in [3.63, 3.8) is 0 Å². The van der Waals surface area contributed by atoms with Crippen molar-refractivity contribution in [2.75, 3.05) is 13.1 Å². The molecule has 0 spiro atoms. The van der Waals surface area contributed by atoms with Crippen molar-refractivity contribution >= 4 is 11.3 Å². The molecule has 0 aliphatic carbocycles. The maximum atomic E-state index is 4.13. The van der Waals surface area contributed by atoms with Crippen LogP contribution in [0, 0.1) is 6.92 Å². The molecule has 1 atom stereocenters. The molecule has 0 bridgehead atoms. The van der Waals surface area contributed by atoms with Crippen LogP contribution in [0.2, 0.25) is 0 Å². The van der Waals surface area contributed by atoms with E-state index in [1.54, 1.807) is 11.3 Å². The van der Waals surface area contributed by atoms with Gasteiger partial charge in [0.15, 0.2) is 0 Å². The second-order valence-electron chi connectivity index (χ2n) is 4.82. The average molecular weight is 247 g/mol. The van der Waals surface area contributed by atoms with Gasteiger partial charge in [0.05, 0.1) is 6.20 Å². The third kappa shape index (κ3) is 2.28. The quantitative estimate of drug-likeness (QED) is 0.904. The molecule has 0 saturated carbocycles. The van der Waals surface area contributed by atoms with E-state index >= 15 is 0 Å². The molecule has 1 unspecified atom stereocenters. The average Bonchev–Trinajstić information content (AvgIpc) is 3.00. The Morgan fingerprint density at radius 1 is 1.59 bits per heavy atom. The first-order valence-corrected chi connectivity index (χ1v) is 7.00. The van der Waals surface area contributed by atoms with Crippen LogP contribution in [0.15, 0.2) is 23.0 Å². The van der Waals surface area contributed by atoms with E-state index in [1.807, 2.05) is 6.20 Å². The number of rotatable bonds is 3. The Labute approximate surface area is 105 Å². The van der Waals surface area contributed by atoms with E-state index in [-0.39, 0.29) is 0 Å². The largest absolute Gasteiger partial charge is 0.298 e. The smallest absolute Gasteiger partial charge is 0.0519 e. The van der Waals surface area contributed by atoms with E-state index in [2.05, 4.69) is 38.8 Å². The number of thiophene rings is 1. The number of nitrogens with zero attached hydrogens (tertiary/aromatic N) is 2. The number of likely N-dealkylation sites (tertiary alicyclic amines) is 1. The summed E-state index contributed by atoms with van der Waals surface area (Å²) in [4.78, 5) is 2.53. The molecule has 4 heteroatoms. The fourth-order valence-corrected chi connectivity index (χ4v) is 3.28. The predicted molar refractivity (Wildman–Crippen MR) is 70.3 cm³/mol. The number of hydrogen-bond donors (Lipinski definition) is 1. The van der Waals surface area contributed by atoms with E-state index in [0.29, 0.717) is 5.92 Å². The van der Waals surface area contributed by atoms with Crippen LogP contribution in [0.25, 0.3) is 0 Å². The summed E-state index contributed by atoms with van der Waals surface area (Å²) >= 11 is 1.78. The number of nitrogens with one attached hydrogen (secondary N) is 1. The van der Waals surface area contributed by atoms with Crippen LogP contribution >= 0.6 is 11.3 Å². The van der Waals surface area contributed by atoms with Gasteiger partial charge in [0.1, 0.15) is 0 Å². The predicted octanol–water partition coefficient (Wildman–Crippen LogP) is 2.77. The zero-order valence-corrected chi connectivity index (χ0v) is 10.8. The second kappa shape index (κ2) is 4.63. The third-order valence-electron chi connectivity index (χ3n) is 3.53. The molecule has 0 amide bonds. The number of aryl methyl sites for hydroxylation is 1. The molecule has 0 aromatic carbocycles. The Balaban J connectivity index is 1.64. The van der Waals surface area contributed by atoms with E-state index in [9.17, 15) is 0 Å². The van der Waals surface area contributed by atoms with Gasteiger partial charge in [0, 0.05) is 24.7 Å². The van der Waals surface area contributed by atoms with Crippen LogP contribution in [0.4, 0.5) is 0 Å². The number of H-pyrrole nitrogens is 1. The summed E-state index contributed by atoms with van der Waals surface area (Å²) in [5.74, 6) is 0.635. The summed E-state index contributed by atoms with van der Waals surface area (Å²) in [7, 11) is 0. The highest BCUT2D eigenvalue weighted by Crippen LogP contribution is 2.28. The van der Waals surface area contributed by atoms with E-state index < -0.39 is 0 Å². The summed E-state index contributed by atoms with van der Waals surface area (Å²) in [6, 6.07) is 2.22. The number of aromatic amines is 1. The maximum absolute atomic E-state index is 4.13. The van der Waals surface area contributed by atoms with Crippen LogP contribution in [0.1, 0.15) is 29.2 Å². The van der Waals surface area contributed by atoms with Gasteiger partial charge in [-0.1, -0.05) is 0 Å². The molecule has 1 aliphatic rings. The summed E-state index contributed by atoms with van der Waals surface area (Å²) in [6.45, 7) is 5.57. The first-order valence-electron chi connectivity index (χ1n) is 6.06. The zero-order valence-electron chi connectivity index (χ0n) is 10.0. The molecule has 1 saturated heterocycles. The van der Waals surface area contributed by atoms with E-state index in [1.165, 1.54) is 29.8 Å². The summed E-state index contributed by atoms with van der Waals surface area (Å²) in [6.07, 6.45) is 3.17. The lowest BCUT2D eigenvalue weighted by Crippen LogP contribution is -2.19. The molecule has 90 valence electrons. The van der Waals surface area contributed by atoms with Crippen LogP contribution in [0.3, 0.4) is 0 Å². The highest BCUT2D eigenvalue weighted by atomic mass is 32.1. The van der Waals surface area contributed by atoms with Gasteiger partial charge in [0.25, 0.3) is 0 Å². The van der Waals surface area contributed by atoms with Crippen LogP contribution < -0.4 is 0 Å². The normalized spacial score (nSPS) is 21.1. The molecule has 2 aromatic rings. The van der Waals surface area contributed by atoms with Crippen molar-refractivity contribution < 1.29 is 0 Å². The van der Waals surface area contributed by atoms with Crippen molar-refractivity contribution in [2.45, 2.75) is 25.8 Å². The second-order valence-corrected chi connectivity index (χ2v) is 5.60. The summed E-state index contributed by atoms with van der Waals surface area (Å²) in [5, 5.41) is 11.7. The molecule has 0 radical (unpaired) electrons. The van der Waals surface area contributed by atoms with Crippen molar-refractivity contribution in [1.82, 2.24) is 15.1 Å². The van der Waals surface area contributed by atoms with Gasteiger partial charge < -0.3 is 0 Å². The minimum atomic E-state index is 0.635. The molecule has 1 aliphatic heterocycles. The Hall–Kier alpha value is -1.13. The van der Waals surface area contributed by atoms with Crippen LogP contribution in [0.5, 0.6) is 0 Å². The Morgan fingerprint density at radius 2 is 2.53 bits per heavy atom. The molecular weight excluding hydrogens is 230 g/mol. The highest BCUT2D eigenvalue weighted by Gasteiger charge is 2.25.